The van der Waals surface area contributed by atoms with Gasteiger partial charge in [0.25, 0.3) is 5.91 Å². The molecule has 6 heteroatoms. The highest BCUT2D eigenvalue weighted by Gasteiger charge is 2.15. The molecule has 0 radical (unpaired) electrons. The van der Waals surface area contributed by atoms with Crippen LogP contribution in [0.25, 0.3) is 0 Å². The first kappa shape index (κ1) is 12.5. The monoisotopic (exact) mass is 225 g/mol. The Balaban J connectivity index is 2.62. The molecule has 0 saturated heterocycles. The summed E-state index contributed by atoms with van der Waals surface area (Å²) in [5, 5.41) is 6.79. The molecule has 1 rings (SSSR count). The summed E-state index contributed by atoms with van der Waals surface area (Å²) in [6, 6.07) is 0.0714. The maximum atomic E-state index is 11.8. The van der Waals surface area contributed by atoms with Crippen LogP contribution in [-0.4, -0.2) is 47.3 Å². The smallest absolute Gasteiger partial charge is 0.256 e. The van der Waals surface area contributed by atoms with Crippen molar-refractivity contribution < 1.29 is 4.79 Å². The molecule has 1 unspecified atom stereocenters. The van der Waals surface area contributed by atoms with E-state index in [0.29, 0.717) is 11.4 Å². The maximum absolute atomic E-state index is 11.8. The summed E-state index contributed by atoms with van der Waals surface area (Å²) in [7, 11) is 5.62. The van der Waals surface area contributed by atoms with Gasteiger partial charge in [0.15, 0.2) is 0 Å². The van der Waals surface area contributed by atoms with Crippen LogP contribution in [0.2, 0.25) is 0 Å². The number of nitrogens with one attached hydrogen (secondary N) is 1. The van der Waals surface area contributed by atoms with E-state index in [1.807, 2.05) is 25.9 Å². The lowest BCUT2D eigenvalue weighted by atomic mass is 10.2. The molecule has 0 saturated carbocycles. The molecule has 0 spiro atoms. The number of aryl methyl sites for hydroxylation is 1. The Labute approximate surface area is 95.4 Å². The van der Waals surface area contributed by atoms with Gasteiger partial charge in [-0.15, -0.1) is 0 Å². The number of carbonyl (C=O) groups excluding carboxylic acids is 1. The van der Waals surface area contributed by atoms with Crippen molar-refractivity contribution in [1.82, 2.24) is 20.0 Å². The fourth-order valence-corrected chi connectivity index (χ4v) is 1.52. The number of amides is 1. The lowest BCUT2D eigenvalue weighted by Gasteiger charge is -2.17. The summed E-state index contributed by atoms with van der Waals surface area (Å²) in [5.41, 5.74) is 6.13. The number of hydrogen-bond acceptors (Lipinski definition) is 4. The van der Waals surface area contributed by atoms with E-state index in [1.165, 1.54) is 10.9 Å². The van der Waals surface area contributed by atoms with Gasteiger partial charge < -0.3 is 16.0 Å². The molecule has 1 aromatic rings. The number of anilines is 1. The van der Waals surface area contributed by atoms with Crippen molar-refractivity contribution in [3.63, 3.8) is 0 Å². The van der Waals surface area contributed by atoms with Gasteiger partial charge in [-0.05, 0) is 21.0 Å². The first-order chi connectivity index (χ1) is 7.41. The zero-order valence-electron chi connectivity index (χ0n) is 10.2. The number of nitrogens with zero attached hydrogens (tertiary/aromatic N) is 3. The van der Waals surface area contributed by atoms with E-state index in [-0.39, 0.29) is 11.9 Å². The van der Waals surface area contributed by atoms with Crippen LogP contribution in [0.5, 0.6) is 0 Å². The predicted octanol–water partition coefficient (Wildman–Crippen LogP) is -0.318. The number of carbonyl (C=O) groups is 1. The molecule has 1 atom stereocenters. The fourth-order valence-electron chi connectivity index (χ4n) is 1.52. The van der Waals surface area contributed by atoms with E-state index in [1.54, 1.807) is 7.05 Å². The maximum Gasteiger partial charge on any atom is 0.256 e. The van der Waals surface area contributed by atoms with Crippen molar-refractivity contribution in [2.45, 2.75) is 13.0 Å². The minimum atomic E-state index is -0.181. The molecule has 0 fully saturated rings. The first-order valence-electron chi connectivity index (χ1n) is 5.15. The average Bonchev–Trinajstić information content (AvgIpc) is 2.45. The fraction of sp³-hybridized carbons (Fsp3) is 0.600. The second-order valence-electron chi connectivity index (χ2n) is 4.20. The molecule has 0 aliphatic heterocycles. The van der Waals surface area contributed by atoms with Crippen LogP contribution in [0.3, 0.4) is 0 Å². The Morgan fingerprint density at radius 2 is 2.31 bits per heavy atom. The minimum absolute atomic E-state index is 0.0714. The average molecular weight is 225 g/mol. The Bertz CT molecular complexity index is 371. The van der Waals surface area contributed by atoms with Crippen LogP contribution >= 0.6 is 0 Å². The van der Waals surface area contributed by atoms with Crippen molar-refractivity contribution >= 4 is 11.7 Å². The summed E-state index contributed by atoms with van der Waals surface area (Å²) >= 11 is 0. The summed E-state index contributed by atoms with van der Waals surface area (Å²) in [6.07, 6.45) is 1.48. The molecule has 1 amide bonds. The third-order valence-corrected chi connectivity index (χ3v) is 2.25. The van der Waals surface area contributed by atoms with E-state index in [0.717, 1.165) is 6.54 Å². The number of nitrogens with two attached hydrogens (primary N) is 1. The van der Waals surface area contributed by atoms with Gasteiger partial charge in [-0.2, -0.15) is 5.10 Å². The highest BCUT2D eigenvalue weighted by atomic mass is 16.1. The molecule has 1 aromatic heterocycles. The largest absolute Gasteiger partial charge is 0.383 e. The molecule has 0 aliphatic rings. The van der Waals surface area contributed by atoms with Crippen LogP contribution in [0.4, 0.5) is 5.82 Å². The normalized spacial score (nSPS) is 12.8. The highest BCUT2D eigenvalue weighted by Crippen LogP contribution is 2.08. The summed E-state index contributed by atoms with van der Waals surface area (Å²) < 4.78 is 1.48. The second-order valence-corrected chi connectivity index (χ2v) is 4.20. The topological polar surface area (TPSA) is 76.2 Å². The number of rotatable bonds is 4. The van der Waals surface area contributed by atoms with Gasteiger partial charge in [0.05, 0.1) is 6.20 Å². The van der Waals surface area contributed by atoms with Crippen LogP contribution < -0.4 is 11.1 Å². The van der Waals surface area contributed by atoms with E-state index in [4.69, 9.17) is 5.73 Å². The standard InChI is InChI=1S/C10H19N5O/c1-7(6-14(2)3)13-10(16)8-5-12-15(4)9(8)11/h5,7H,6,11H2,1-4H3,(H,13,16). The number of nitrogen functional groups attached to an aromatic ring is 1. The van der Waals surface area contributed by atoms with E-state index < -0.39 is 0 Å². The van der Waals surface area contributed by atoms with Gasteiger partial charge in [0, 0.05) is 19.6 Å². The molecule has 16 heavy (non-hydrogen) atoms. The van der Waals surface area contributed by atoms with Crippen LogP contribution in [0, 0.1) is 0 Å². The third kappa shape index (κ3) is 2.96. The van der Waals surface area contributed by atoms with Gasteiger partial charge in [-0.25, -0.2) is 0 Å². The Morgan fingerprint density at radius 1 is 1.69 bits per heavy atom. The SMILES string of the molecule is CC(CN(C)C)NC(=O)c1cnn(C)c1N. The molecule has 0 aliphatic carbocycles. The lowest BCUT2D eigenvalue weighted by molar-refractivity contribution is 0.0935. The van der Waals surface area contributed by atoms with Crippen LogP contribution in [-0.2, 0) is 7.05 Å². The van der Waals surface area contributed by atoms with Gasteiger partial charge in [-0.3, -0.25) is 9.48 Å². The van der Waals surface area contributed by atoms with Gasteiger partial charge in [0.2, 0.25) is 0 Å². The molecule has 1 heterocycles. The minimum Gasteiger partial charge on any atom is -0.383 e. The van der Waals surface area contributed by atoms with Crippen molar-refractivity contribution in [3.8, 4) is 0 Å². The zero-order valence-corrected chi connectivity index (χ0v) is 10.2. The number of likely N-dealkylation sites (N-methyl/N-ethyl adjacent to an activating group) is 1. The molecule has 6 nitrogen and oxygen atoms in total. The number of aromatic nitrogens is 2. The Morgan fingerprint density at radius 3 is 2.75 bits per heavy atom. The third-order valence-electron chi connectivity index (χ3n) is 2.25. The molecule has 3 N–H and O–H groups in total. The van der Waals surface area contributed by atoms with Gasteiger partial charge in [0.1, 0.15) is 11.4 Å². The van der Waals surface area contributed by atoms with Crippen LogP contribution in [0.15, 0.2) is 6.20 Å². The summed E-state index contributed by atoms with van der Waals surface area (Å²) in [5.74, 6) is 0.203. The summed E-state index contributed by atoms with van der Waals surface area (Å²) in [4.78, 5) is 13.8. The Hall–Kier alpha value is -1.56. The molecular weight excluding hydrogens is 206 g/mol. The molecular formula is C10H19N5O. The van der Waals surface area contributed by atoms with Gasteiger partial charge >= 0.3 is 0 Å². The van der Waals surface area contributed by atoms with E-state index in [9.17, 15) is 4.79 Å². The molecule has 90 valence electrons. The first-order valence-corrected chi connectivity index (χ1v) is 5.15. The second kappa shape index (κ2) is 4.98. The lowest BCUT2D eigenvalue weighted by Crippen LogP contribution is -2.39. The van der Waals surface area contributed by atoms with Crippen LogP contribution in [0.1, 0.15) is 17.3 Å². The number of hydrogen-bond donors (Lipinski definition) is 2. The van der Waals surface area contributed by atoms with Crippen molar-refractivity contribution in [2.75, 3.05) is 26.4 Å². The van der Waals surface area contributed by atoms with Crippen molar-refractivity contribution in [3.05, 3.63) is 11.8 Å². The Kier molecular flexibility index (Phi) is 3.89. The predicted molar refractivity (Wildman–Crippen MR) is 63.1 cm³/mol. The molecule has 0 aromatic carbocycles. The van der Waals surface area contributed by atoms with Crippen molar-refractivity contribution in [2.24, 2.45) is 7.05 Å². The zero-order chi connectivity index (χ0) is 12.3. The van der Waals surface area contributed by atoms with Gasteiger partial charge in [-0.1, -0.05) is 0 Å². The van der Waals surface area contributed by atoms with Crippen molar-refractivity contribution in [1.29, 1.82) is 0 Å². The van der Waals surface area contributed by atoms with E-state index in [2.05, 4.69) is 10.4 Å². The molecule has 0 bridgehead atoms. The highest BCUT2D eigenvalue weighted by molar-refractivity contribution is 5.98. The van der Waals surface area contributed by atoms with E-state index >= 15 is 0 Å². The summed E-state index contributed by atoms with van der Waals surface area (Å²) in [6.45, 7) is 2.73. The quantitative estimate of drug-likeness (QED) is 0.736.